The van der Waals surface area contributed by atoms with Crippen LogP contribution in [0.25, 0.3) is 56.5 Å². The molecule has 0 aliphatic carbocycles. The Bertz CT molecular complexity index is 1560. The molecule has 0 saturated heterocycles. The van der Waals surface area contributed by atoms with Crippen LogP contribution in [0.1, 0.15) is 0 Å². The van der Waals surface area contributed by atoms with E-state index in [1.807, 2.05) is 103 Å². The smallest absolute Gasteiger partial charge is 0.164 e. The molecular formula is C32H22N4. The first-order valence-corrected chi connectivity index (χ1v) is 11.8. The van der Waals surface area contributed by atoms with Gasteiger partial charge in [-0.1, -0.05) is 109 Å². The van der Waals surface area contributed by atoms with E-state index in [4.69, 9.17) is 15.0 Å². The maximum absolute atomic E-state index is 4.86. The summed E-state index contributed by atoms with van der Waals surface area (Å²) < 4.78 is 0. The van der Waals surface area contributed by atoms with E-state index in [-0.39, 0.29) is 0 Å². The lowest BCUT2D eigenvalue weighted by Gasteiger charge is -2.10. The Morgan fingerprint density at radius 3 is 1.39 bits per heavy atom. The molecule has 6 rings (SSSR count). The average molecular weight is 463 g/mol. The van der Waals surface area contributed by atoms with Crippen LogP contribution in [0.4, 0.5) is 0 Å². The van der Waals surface area contributed by atoms with Crippen molar-refractivity contribution in [2.45, 2.75) is 0 Å². The van der Waals surface area contributed by atoms with Gasteiger partial charge in [0.1, 0.15) is 0 Å². The molecule has 0 spiro atoms. The second-order valence-corrected chi connectivity index (χ2v) is 8.41. The lowest BCUT2D eigenvalue weighted by molar-refractivity contribution is 1.07. The van der Waals surface area contributed by atoms with E-state index in [9.17, 15) is 0 Å². The largest absolute Gasteiger partial charge is 0.256 e. The lowest BCUT2D eigenvalue weighted by atomic mass is 10.0. The Balaban J connectivity index is 1.45. The van der Waals surface area contributed by atoms with Gasteiger partial charge < -0.3 is 0 Å². The summed E-state index contributed by atoms with van der Waals surface area (Å²) in [7, 11) is 0. The van der Waals surface area contributed by atoms with Crippen LogP contribution in [0.5, 0.6) is 0 Å². The van der Waals surface area contributed by atoms with Crippen molar-refractivity contribution in [1.29, 1.82) is 0 Å². The minimum atomic E-state index is 0.628. The van der Waals surface area contributed by atoms with Gasteiger partial charge in [0.2, 0.25) is 0 Å². The number of rotatable bonds is 5. The van der Waals surface area contributed by atoms with Crippen LogP contribution in [0.3, 0.4) is 0 Å². The fourth-order valence-corrected chi connectivity index (χ4v) is 4.15. The Hall–Kier alpha value is -4.96. The van der Waals surface area contributed by atoms with Crippen molar-refractivity contribution < 1.29 is 0 Å². The van der Waals surface area contributed by atoms with Crippen LogP contribution in [0.2, 0.25) is 0 Å². The summed E-state index contributed by atoms with van der Waals surface area (Å²) >= 11 is 0. The summed E-state index contributed by atoms with van der Waals surface area (Å²) in [6, 6.07) is 42.7. The normalized spacial score (nSPS) is 10.8. The van der Waals surface area contributed by atoms with Crippen LogP contribution in [0.15, 0.2) is 134 Å². The predicted octanol–water partition coefficient (Wildman–Crippen LogP) is 7.60. The molecule has 0 radical (unpaired) electrons. The van der Waals surface area contributed by atoms with Gasteiger partial charge in [0, 0.05) is 28.5 Å². The third-order valence-electron chi connectivity index (χ3n) is 5.98. The van der Waals surface area contributed by atoms with Gasteiger partial charge in [-0.2, -0.15) is 0 Å². The molecule has 6 aromatic rings. The van der Waals surface area contributed by atoms with Gasteiger partial charge in [-0.15, -0.1) is 0 Å². The summed E-state index contributed by atoms with van der Waals surface area (Å²) in [4.78, 5) is 19.2. The topological polar surface area (TPSA) is 51.6 Å². The van der Waals surface area contributed by atoms with E-state index in [1.165, 1.54) is 0 Å². The predicted molar refractivity (Wildman–Crippen MR) is 145 cm³/mol. The first-order valence-electron chi connectivity index (χ1n) is 11.8. The van der Waals surface area contributed by atoms with E-state index in [0.717, 1.165) is 39.1 Å². The van der Waals surface area contributed by atoms with Gasteiger partial charge in [-0.3, -0.25) is 4.98 Å². The molecule has 4 aromatic carbocycles. The van der Waals surface area contributed by atoms with Gasteiger partial charge in [0.15, 0.2) is 17.5 Å². The summed E-state index contributed by atoms with van der Waals surface area (Å²) in [5, 5.41) is 0. The number of hydrogen-bond donors (Lipinski definition) is 0. The van der Waals surface area contributed by atoms with Crippen molar-refractivity contribution in [3.63, 3.8) is 0 Å². The quantitative estimate of drug-likeness (QED) is 0.265. The molecule has 0 aliphatic rings. The Morgan fingerprint density at radius 2 is 0.806 bits per heavy atom. The monoisotopic (exact) mass is 462 g/mol. The average Bonchev–Trinajstić information content (AvgIpc) is 2.98. The zero-order valence-corrected chi connectivity index (χ0v) is 19.5. The zero-order chi connectivity index (χ0) is 24.2. The molecule has 4 heteroatoms. The van der Waals surface area contributed by atoms with Crippen LogP contribution in [-0.4, -0.2) is 19.9 Å². The van der Waals surface area contributed by atoms with Gasteiger partial charge in [0.25, 0.3) is 0 Å². The Morgan fingerprint density at radius 1 is 0.333 bits per heavy atom. The minimum Gasteiger partial charge on any atom is -0.256 e. The standard InChI is InChI=1S/C32H22N4/c1-4-11-23(12-5-1)26-19-20-33-29(22-26)27-17-10-18-28(21-27)32-35-30(24-13-6-2-7-14-24)34-31(36-32)25-15-8-3-9-16-25/h1-22H. The molecular weight excluding hydrogens is 440 g/mol. The third-order valence-corrected chi connectivity index (χ3v) is 5.98. The highest BCUT2D eigenvalue weighted by molar-refractivity contribution is 5.74. The molecule has 36 heavy (non-hydrogen) atoms. The van der Waals surface area contributed by atoms with E-state index in [0.29, 0.717) is 17.5 Å². The number of pyridine rings is 1. The molecule has 2 heterocycles. The van der Waals surface area contributed by atoms with E-state index < -0.39 is 0 Å². The molecule has 170 valence electrons. The fourth-order valence-electron chi connectivity index (χ4n) is 4.15. The summed E-state index contributed by atoms with van der Waals surface area (Å²) in [6.45, 7) is 0. The molecule has 0 bridgehead atoms. The van der Waals surface area contributed by atoms with Crippen molar-refractivity contribution in [2.75, 3.05) is 0 Å². The van der Waals surface area contributed by atoms with Crippen molar-refractivity contribution in [1.82, 2.24) is 19.9 Å². The fraction of sp³-hybridized carbons (Fsp3) is 0. The molecule has 0 saturated carbocycles. The summed E-state index contributed by atoms with van der Waals surface area (Å²) in [5.41, 5.74) is 7.01. The highest BCUT2D eigenvalue weighted by Gasteiger charge is 2.13. The molecule has 2 aromatic heterocycles. The molecule has 0 amide bonds. The Kier molecular flexibility index (Phi) is 5.83. The zero-order valence-electron chi connectivity index (χ0n) is 19.5. The van der Waals surface area contributed by atoms with Gasteiger partial charge in [0.05, 0.1) is 5.69 Å². The number of aromatic nitrogens is 4. The number of hydrogen-bond acceptors (Lipinski definition) is 4. The van der Waals surface area contributed by atoms with Gasteiger partial charge in [-0.25, -0.2) is 15.0 Å². The van der Waals surface area contributed by atoms with Gasteiger partial charge >= 0.3 is 0 Å². The first kappa shape index (κ1) is 21.6. The van der Waals surface area contributed by atoms with Crippen molar-refractivity contribution in [3.8, 4) is 56.5 Å². The molecule has 0 N–H and O–H groups in total. The molecule has 0 atom stereocenters. The molecule has 0 fully saturated rings. The highest BCUT2D eigenvalue weighted by atomic mass is 15.0. The van der Waals surface area contributed by atoms with Crippen molar-refractivity contribution in [3.05, 3.63) is 134 Å². The second kappa shape index (κ2) is 9.72. The van der Waals surface area contributed by atoms with Crippen LogP contribution < -0.4 is 0 Å². The summed E-state index contributed by atoms with van der Waals surface area (Å²) in [6.07, 6.45) is 1.86. The van der Waals surface area contributed by atoms with Crippen LogP contribution in [0, 0.1) is 0 Å². The first-order chi connectivity index (χ1) is 17.8. The maximum atomic E-state index is 4.86. The van der Waals surface area contributed by atoms with E-state index in [2.05, 4.69) is 35.3 Å². The maximum Gasteiger partial charge on any atom is 0.164 e. The number of benzene rings is 4. The van der Waals surface area contributed by atoms with E-state index >= 15 is 0 Å². The van der Waals surface area contributed by atoms with Gasteiger partial charge in [-0.05, 0) is 29.3 Å². The molecule has 4 nitrogen and oxygen atoms in total. The third kappa shape index (κ3) is 4.52. The van der Waals surface area contributed by atoms with Crippen molar-refractivity contribution in [2.24, 2.45) is 0 Å². The minimum absolute atomic E-state index is 0.628. The lowest BCUT2D eigenvalue weighted by Crippen LogP contribution is -2.00. The van der Waals surface area contributed by atoms with E-state index in [1.54, 1.807) is 0 Å². The highest BCUT2D eigenvalue weighted by Crippen LogP contribution is 2.29. The van der Waals surface area contributed by atoms with Crippen molar-refractivity contribution >= 4 is 0 Å². The molecule has 0 aliphatic heterocycles. The number of nitrogens with zero attached hydrogens (tertiary/aromatic N) is 4. The second-order valence-electron chi connectivity index (χ2n) is 8.41. The van der Waals surface area contributed by atoms with Crippen LogP contribution in [-0.2, 0) is 0 Å². The summed E-state index contributed by atoms with van der Waals surface area (Å²) in [5.74, 6) is 1.92. The SMILES string of the molecule is c1ccc(-c2ccnc(-c3cccc(-c4nc(-c5ccccc5)nc(-c5ccccc5)n4)c3)c2)cc1. The van der Waals surface area contributed by atoms with Crippen LogP contribution >= 0.6 is 0 Å². The Labute approximate surface area is 210 Å². The molecule has 0 unspecified atom stereocenters.